The molecule has 9 rings (SSSR count). The summed E-state index contributed by atoms with van der Waals surface area (Å²) in [7, 11) is 0. The van der Waals surface area contributed by atoms with Crippen LogP contribution in [0.4, 0.5) is 0 Å². The van der Waals surface area contributed by atoms with Crippen LogP contribution in [-0.4, -0.2) is 24.9 Å². The minimum Gasteiger partial charge on any atom is -0.455 e. The van der Waals surface area contributed by atoms with Gasteiger partial charge in [0, 0.05) is 57.6 Å². The highest BCUT2D eigenvalue weighted by Crippen LogP contribution is 2.43. The van der Waals surface area contributed by atoms with E-state index in [1.807, 2.05) is 24.3 Å². The molecule has 5 aromatic carbocycles. The third-order valence-electron chi connectivity index (χ3n) is 8.88. The lowest BCUT2D eigenvalue weighted by Crippen LogP contribution is -2.00. The van der Waals surface area contributed by atoms with Gasteiger partial charge in [-0.25, -0.2) is 15.0 Å². The summed E-state index contributed by atoms with van der Waals surface area (Å²) >= 11 is 0. The summed E-state index contributed by atoms with van der Waals surface area (Å²) in [5.74, 6) is 2.18. The fourth-order valence-electron chi connectivity index (χ4n) is 6.55. The number of pyridine rings is 2. The van der Waals surface area contributed by atoms with Crippen molar-refractivity contribution in [3.63, 3.8) is 0 Å². The van der Waals surface area contributed by atoms with Gasteiger partial charge in [0.25, 0.3) is 0 Å². The molecule has 0 saturated carbocycles. The lowest BCUT2D eigenvalue weighted by Gasteiger charge is -2.13. The first-order chi connectivity index (χ1) is 22.6. The molecule has 0 spiro atoms. The summed E-state index contributed by atoms with van der Waals surface area (Å²) in [5.41, 5.74) is 5.72. The van der Waals surface area contributed by atoms with Crippen LogP contribution in [0.15, 0.2) is 126 Å². The molecule has 218 valence electrons. The van der Waals surface area contributed by atoms with Crippen LogP contribution in [0.5, 0.6) is 0 Å². The van der Waals surface area contributed by atoms with E-state index >= 15 is 0 Å². The Kier molecular flexibility index (Phi) is 5.90. The van der Waals surface area contributed by atoms with Crippen molar-refractivity contribution in [2.24, 2.45) is 0 Å². The third kappa shape index (κ3) is 4.14. The molecular formula is C40H27N5O. The molecule has 46 heavy (non-hydrogen) atoms. The van der Waals surface area contributed by atoms with Crippen molar-refractivity contribution in [3.8, 4) is 34.2 Å². The monoisotopic (exact) mass is 593 g/mol. The Labute approximate surface area is 264 Å². The van der Waals surface area contributed by atoms with Crippen molar-refractivity contribution in [1.82, 2.24) is 24.9 Å². The van der Waals surface area contributed by atoms with Crippen molar-refractivity contribution in [1.29, 1.82) is 0 Å². The Hall–Kier alpha value is -6.01. The molecule has 6 heteroatoms. The molecule has 0 aliphatic rings. The van der Waals surface area contributed by atoms with Crippen molar-refractivity contribution < 1.29 is 4.42 Å². The van der Waals surface area contributed by atoms with E-state index in [4.69, 9.17) is 19.4 Å². The van der Waals surface area contributed by atoms with E-state index in [1.54, 1.807) is 24.8 Å². The predicted molar refractivity (Wildman–Crippen MR) is 186 cm³/mol. The fraction of sp³-hybridized carbons (Fsp3) is 0.0750. The highest BCUT2D eigenvalue weighted by atomic mass is 16.3. The maximum Gasteiger partial charge on any atom is 0.165 e. The first-order valence-electron chi connectivity index (χ1n) is 15.4. The summed E-state index contributed by atoms with van der Waals surface area (Å²) < 4.78 is 6.66. The van der Waals surface area contributed by atoms with E-state index in [0.29, 0.717) is 23.4 Å². The second kappa shape index (κ2) is 10.3. The van der Waals surface area contributed by atoms with Gasteiger partial charge in [-0.3, -0.25) is 9.97 Å². The summed E-state index contributed by atoms with van der Waals surface area (Å²) in [6.07, 6.45) is 7.02. The standard InChI is InChI=1S/C40H27N5O/c1-23(2)25-10-14-35-34(20-25)32-13-12-30-28-7-3-4-8-29(28)33-21-26(9-11-31(33)36(30)37(32)46-35)39-43-38(24-15-18-41-19-16-24)44-40(45-39)27-6-5-17-42-22-27/h3-23H,1-2H3. The minimum absolute atomic E-state index is 0.436. The molecule has 0 aliphatic heterocycles. The normalized spacial score (nSPS) is 11.9. The topological polar surface area (TPSA) is 77.6 Å². The average Bonchev–Trinajstić information content (AvgIpc) is 3.50. The van der Waals surface area contributed by atoms with Gasteiger partial charge in [0.05, 0.1) is 0 Å². The second-order valence-corrected chi connectivity index (χ2v) is 12.0. The largest absolute Gasteiger partial charge is 0.455 e. The van der Waals surface area contributed by atoms with E-state index in [0.717, 1.165) is 54.8 Å². The molecule has 0 radical (unpaired) electrons. The highest BCUT2D eigenvalue weighted by molar-refractivity contribution is 6.32. The third-order valence-corrected chi connectivity index (χ3v) is 8.88. The zero-order valence-corrected chi connectivity index (χ0v) is 25.3. The van der Waals surface area contributed by atoms with Crippen molar-refractivity contribution in [3.05, 3.63) is 127 Å². The smallest absolute Gasteiger partial charge is 0.165 e. The van der Waals surface area contributed by atoms with Gasteiger partial charge < -0.3 is 4.42 Å². The molecule has 0 aliphatic carbocycles. The first-order valence-corrected chi connectivity index (χ1v) is 15.4. The minimum atomic E-state index is 0.436. The molecule has 0 atom stereocenters. The highest BCUT2D eigenvalue weighted by Gasteiger charge is 2.18. The van der Waals surface area contributed by atoms with Crippen LogP contribution in [0.2, 0.25) is 0 Å². The number of fused-ring (bicyclic) bond motifs is 10. The molecule has 6 nitrogen and oxygen atoms in total. The molecule has 4 heterocycles. The van der Waals surface area contributed by atoms with Crippen LogP contribution in [-0.2, 0) is 0 Å². The van der Waals surface area contributed by atoms with Crippen LogP contribution in [0, 0.1) is 0 Å². The zero-order valence-electron chi connectivity index (χ0n) is 25.3. The zero-order chi connectivity index (χ0) is 30.8. The number of rotatable bonds is 4. The van der Waals surface area contributed by atoms with Gasteiger partial charge in [0.15, 0.2) is 17.5 Å². The Balaban J connectivity index is 1.33. The molecule has 0 amide bonds. The van der Waals surface area contributed by atoms with E-state index in [1.165, 1.54) is 21.7 Å². The number of hydrogen-bond donors (Lipinski definition) is 0. The number of hydrogen-bond acceptors (Lipinski definition) is 6. The van der Waals surface area contributed by atoms with Crippen LogP contribution < -0.4 is 0 Å². The van der Waals surface area contributed by atoms with Gasteiger partial charge in [-0.2, -0.15) is 0 Å². The maximum absolute atomic E-state index is 6.66. The summed E-state index contributed by atoms with van der Waals surface area (Å²) in [6.45, 7) is 4.45. The van der Waals surface area contributed by atoms with E-state index in [9.17, 15) is 0 Å². The maximum atomic E-state index is 6.66. The molecule has 0 saturated heterocycles. The molecular weight excluding hydrogens is 566 g/mol. The summed E-state index contributed by atoms with van der Waals surface area (Å²) in [4.78, 5) is 23.2. The predicted octanol–water partition coefficient (Wildman–Crippen LogP) is 10.1. The quantitative estimate of drug-likeness (QED) is 0.189. The lowest BCUT2D eigenvalue weighted by atomic mass is 9.92. The molecule has 0 fully saturated rings. The lowest BCUT2D eigenvalue weighted by molar-refractivity contribution is 0.672. The first kappa shape index (κ1) is 26.4. The van der Waals surface area contributed by atoms with Crippen LogP contribution in [0.1, 0.15) is 25.3 Å². The number of furan rings is 1. The number of nitrogens with zero attached hydrogens (tertiary/aromatic N) is 5. The van der Waals surface area contributed by atoms with Crippen LogP contribution >= 0.6 is 0 Å². The van der Waals surface area contributed by atoms with Crippen molar-refractivity contribution in [2.45, 2.75) is 19.8 Å². The summed E-state index contributed by atoms with van der Waals surface area (Å²) in [5, 5.41) is 9.16. The van der Waals surface area contributed by atoms with Gasteiger partial charge in [-0.1, -0.05) is 62.4 Å². The van der Waals surface area contributed by atoms with E-state index in [2.05, 4.69) is 96.6 Å². The Morgan fingerprint density at radius 1 is 0.500 bits per heavy atom. The summed E-state index contributed by atoms with van der Waals surface area (Å²) in [6, 6.07) is 33.8. The molecule has 9 aromatic rings. The van der Waals surface area contributed by atoms with Gasteiger partial charge in [0.2, 0.25) is 0 Å². The Morgan fingerprint density at radius 2 is 1.20 bits per heavy atom. The molecule has 0 bridgehead atoms. The van der Waals surface area contributed by atoms with Gasteiger partial charge in [-0.15, -0.1) is 0 Å². The Morgan fingerprint density at radius 3 is 1.96 bits per heavy atom. The van der Waals surface area contributed by atoms with Crippen molar-refractivity contribution >= 4 is 54.3 Å². The number of benzene rings is 5. The molecule has 4 aromatic heterocycles. The fourth-order valence-corrected chi connectivity index (χ4v) is 6.55. The molecule has 0 N–H and O–H groups in total. The van der Waals surface area contributed by atoms with Crippen LogP contribution in [0.25, 0.3) is 88.4 Å². The van der Waals surface area contributed by atoms with Crippen LogP contribution in [0.3, 0.4) is 0 Å². The van der Waals surface area contributed by atoms with E-state index in [-0.39, 0.29) is 0 Å². The number of aromatic nitrogens is 5. The molecule has 0 unspecified atom stereocenters. The van der Waals surface area contributed by atoms with Gasteiger partial charge >= 0.3 is 0 Å². The van der Waals surface area contributed by atoms with E-state index < -0.39 is 0 Å². The van der Waals surface area contributed by atoms with Gasteiger partial charge in [0.1, 0.15) is 11.2 Å². The average molecular weight is 594 g/mol. The van der Waals surface area contributed by atoms with Gasteiger partial charge in [-0.05, 0) is 86.9 Å². The Bertz CT molecular complexity index is 2550. The SMILES string of the molecule is CC(C)c1ccc2oc3c(ccc4c5ccccc5c5cc(-c6nc(-c7ccncc7)nc(-c7cccnc7)n6)ccc5c43)c2c1. The van der Waals surface area contributed by atoms with Crippen molar-refractivity contribution in [2.75, 3.05) is 0 Å². The second-order valence-electron chi connectivity index (χ2n) is 12.0.